The molecule has 0 aromatic carbocycles. The number of aliphatic hydroxyl groups is 1. The molecule has 1 fully saturated rings. The summed E-state index contributed by atoms with van der Waals surface area (Å²) >= 11 is 0. The van der Waals surface area contributed by atoms with Crippen molar-refractivity contribution in [3.05, 3.63) is 5.89 Å². The molecule has 1 unspecified atom stereocenters. The molecule has 1 aromatic heterocycles. The summed E-state index contributed by atoms with van der Waals surface area (Å²) < 4.78 is 4.84. The Balaban J connectivity index is 2.11. The second kappa shape index (κ2) is 2.72. The highest BCUT2D eigenvalue weighted by molar-refractivity contribution is 5.12. The van der Waals surface area contributed by atoms with Crippen molar-refractivity contribution >= 4 is 5.95 Å². The molecule has 2 heterocycles. The zero-order valence-electron chi connectivity index (χ0n) is 6.40. The van der Waals surface area contributed by atoms with Crippen LogP contribution in [0.15, 0.2) is 4.52 Å². The fourth-order valence-electron chi connectivity index (χ4n) is 1.29. The maximum atomic E-state index is 9.18. The minimum Gasteiger partial charge on any atom is -0.392 e. The highest BCUT2D eigenvalue weighted by Gasteiger charge is 2.27. The summed E-state index contributed by atoms with van der Waals surface area (Å²) in [4.78, 5) is 3.85. The predicted molar refractivity (Wildman–Crippen MR) is 40.1 cm³/mol. The molecule has 1 aliphatic rings. The van der Waals surface area contributed by atoms with Crippen LogP contribution in [-0.4, -0.2) is 27.9 Å². The Hall–Kier alpha value is -1.14. The third-order valence-corrected chi connectivity index (χ3v) is 1.86. The maximum Gasteiger partial charge on any atom is 0.260 e. The lowest BCUT2D eigenvalue weighted by Crippen LogP contribution is -2.15. The first-order valence-electron chi connectivity index (χ1n) is 3.76. The van der Waals surface area contributed by atoms with E-state index < -0.39 is 0 Å². The van der Waals surface area contributed by atoms with Gasteiger partial charge in [-0.05, 0) is 11.6 Å². The normalized spacial score (nSPS) is 29.4. The predicted octanol–water partition coefficient (Wildman–Crippen LogP) is -0.953. The molecule has 66 valence electrons. The third-order valence-electron chi connectivity index (χ3n) is 1.86. The van der Waals surface area contributed by atoms with Gasteiger partial charge in [-0.3, -0.25) is 0 Å². The lowest BCUT2D eigenvalue weighted by Gasteiger charge is -2.00. The topological polar surface area (TPSA) is 97.2 Å². The Morgan fingerprint density at radius 3 is 3.00 bits per heavy atom. The largest absolute Gasteiger partial charge is 0.392 e. The van der Waals surface area contributed by atoms with Gasteiger partial charge in [-0.15, -0.1) is 0 Å². The zero-order chi connectivity index (χ0) is 8.55. The van der Waals surface area contributed by atoms with E-state index in [0.29, 0.717) is 18.9 Å². The molecule has 1 aliphatic heterocycles. The Labute approximate surface area is 68.8 Å². The number of β-amino-alcohol motifs (C(OH)–C–C–N with tert-alkyl or cyclic N) is 1. The number of aromatic nitrogens is 2. The van der Waals surface area contributed by atoms with Gasteiger partial charge in [0.15, 0.2) is 0 Å². The fourth-order valence-corrected chi connectivity index (χ4v) is 1.29. The van der Waals surface area contributed by atoms with Gasteiger partial charge >= 0.3 is 0 Å². The lowest BCUT2D eigenvalue weighted by atomic mass is 10.2. The number of nitrogens with two attached hydrogens (primary N) is 1. The number of hydrogen-bond donors (Lipinski definition) is 3. The summed E-state index contributed by atoms with van der Waals surface area (Å²) in [6, 6.07) is -0.0511. The first-order valence-corrected chi connectivity index (χ1v) is 3.76. The summed E-state index contributed by atoms with van der Waals surface area (Å²) in [6.45, 7) is 0.562. The molecule has 0 bridgehead atoms. The quantitative estimate of drug-likeness (QED) is 0.502. The summed E-state index contributed by atoms with van der Waals surface area (Å²) in [5, 5.41) is 15.7. The zero-order valence-corrected chi connectivity index (χ0v) is 6.40. The van der Waals surface area contributed by atoms with E-state index in [9.17, 15) is 5.11 Å². The van der Waals surface area contributed by atoms with Gasteiger partial charge in [-0.2, -0.15) is 4.98 Å². The van der Waals surface area contributed by atoms with Crippen LogP contribution < -0.4 is 11.1 Å². The van der Waals surface area contributed by atoms with Crippen LogP contribution in [0.1, 0.15) is 18.4 Å². The number of aliphatic hydroxyl groups excluding tert-OH is 1. The summed E-state index contributed by atoms with van der Waals surface area (Å²) in [7, 11) is 0. The number of nitrogens with one attached hydrogen (secondary N) is 1. The van der Waals surface area contributed by atoms with Crippen molar-refractivity contribution in [2.24, 2.45) is 0 Å². The number of hydrogen-bond acceptors (Lipinski definition) is 6. The highest BCUT2D eigenvalue weighted by atomic mass is 16.5. The fraction of sp³-hybridized carbons (Fsp3) is 0.667. The molecule has 1 saturated heterocycles. The van der Waals surface area contributed by atoms with Crippen LogP contribution in [0.25, 0.3) is 0 Å². The van der Waals surface area contributed by atoms with Crippen molar-refractivity contribution < 1.29 is 9.63 Å². The van der Waals surface area contributed by atoms with Crippen molar-refractivity contribution in [3.63, 3.8) is 0 Å². The first-order chi connectivity index (χ1) is 5.75. The van der Waals surface area contributed by atoms with Crippen LogP contribution in [-0.2, 0) is 0 Å². The molecule has 2 atom stereocenters. The maximum absolute atomic E-state index is 9.18. The molecule has 4 N–H and O–H groups in total. The smallest absolute Gasteiger partial charge is 0.260 e. The SMILES string of the molecule is Nc1noc([C@@H]2CC(O)CN2)n1. The van der Waals surface area contributed by atoms with Gasteiger partial charge in [-0.1, -0.05) is 0 Å². The molecule has 0 radical (unpaired) electrons. The van der Waals surface area contributed by atoms with Gasteiger partial charge in [0.25, 0.3) is 5.95 Å². The molecule has 0 spiro atoms. The summed E-state index contributed by atoms with van der Waals surface area (Å²) in [5.74, 6) is 0.581. The second-order valence-corrected chi connectivity index (χ2v) is 2.84. The van der Waals surface area contributed by atoms with Crippen molar-refractivity contribution in [3.8, 4) is 0 Å². The Morgan fingerprint density at radius 2 is 2.50 bits per heavy atom. The number of nitrogens with zero attached hydrogens (tertiary/aromatic N) is 2. The number of anilines is 1. The number of nitrogen functional groups attached to an aromatic ring is 1. The van der Waals surface area contributed by atoms with E-state index in [-0.39, 0.29) is 18.1 Å². The average molecular weight is 170 g/mol. The third kappa shape index (κ3) is 1.26. The van der Waals surface area contributed by atoms with Crippen LogP contribution in [0.2, 0.25) is 0 Å². The standard InChI is InChI=1S/C6H10N4O2/c7-6-9-5(12-10-6)4-1-3(11)2-8-4/h3-4,8,11H,1-2H2,(H2,7,10)/t3?,4-/m0/s1. The van der Waals surface area contributed by atoms with Gasteiger partial charge < -0.3 is 20.7 Å². The van der Waals surface area contributed by atoms with Crippen molar-refractivity contribution in [2.45, 2.75) is 18.6 Å². The van der Waals surface area contributed by atoms with Gasteiger partial charge in [0.2, 0.25) is 5.89 Å². The molecule has 1 aromatic rings. The minimum atomic E-state index is -0.330. The van der Waals surface area contributed by atoms with Crippen LogP contribution in [0, 0.1) is 0 Å². The van der Waals surface area contributed by atoms with E-state index in [4.69, 9.17) is 10.3 Å². The monoisotopic (exact) mass is 170 g/mol. The molecule has 6 nitrogen and oxygen atoms in total. The van der Waals surface area contributed by atoms with Gasteiger partial charge in [0, 0.05) is 6.54 Å². The molecular weight excluding hydrogens is 160 g/mol. The summed E-state index contributed by atoms with van der Waals surface area (Å²) in [6.07, 6.45) is 0.268. The van der Waals surface area contributed by atoms with Gasteiger partial charge in [0.1, 0.15) is 0 Å². The van der Waals surface area contributed by atoms with Crippen molar-refractivity contribution in [2.75, 3.05) is 12.3 Å². The van der Waals surface area contributed by atoms with Crippen LogP contribution in [0.3, 0.4) is 0 Å². The van der Waals surface area contributed by atoms with E-state index in [1.54, 1.807) is 0 Å². The van der Waals surface area contributed by atoms with E-state index in [1.165, 1.54) is 0 Å². The molecule has 0 amide bonds. The highest BCUT2D eigenvalue weighted by Crippen LogP contribution is 2.21. The van der Waals surface area contributed by atoms with Crippen molar-refractivity contribution in [1.82, 2.24) is 15.5 Å². The van der Waals surface area contributed by atoms with Gasteiger partial charge in [0.05, 0.1) is 12.1 Å². The molecular formula is C6H10N4O2. The molecule has 2 rings (SSSR count). The molecule has 12 heavy (non-hydrogen) atoms. The summed E-state index contributed by atoms with van der Waals surface area (Å²) in [5.41, 5.74) is 5.27. The van der Waals surface area contributed by atoms with Gasteiger partial charge in [-0.25, -0.2) is 0 Å². The molecule has 6 heteroatoms. The van der Waals surface area contributed by atoms with Crippen LogP contribution >= 0.6 is 0 Å². The Kier molecular flexibility index (Phi) is 1.70. The van der Waals surface area contributed by atoms with E-state index in [0.717, 1.165) is 0 Å². The average Bonchev–Trinajstić information content (AvgIpc) is 2.58. The number of rotatable bonds is 1. The second-order valence-electron chi connectivity index (χ2n) is 2.84. The Bertz CT molecular complexity index is 274. The molecule has 0 saturated carbocycles. The first kappa shape index (κ1) is 7.51. The Morgan fingerprint density at radius 1 is 1.67 bits per heavy atom. The van der Waals surface area contributed by atoms with Crippen LogP contribution in [0.5, 0.6) is 0 Å². The van der Waals surface area contributed by atoms with E-state index in [2.05, 4.69) is 15.5 Å². The minimum absolute atomic E-state index is 0.0511. The van der Waals surface area contributed by atoms with E-state index in [1.807, 2.05) is 0 Å². The van der Waals surface area contributed by atoms with E-state index >= 15 is 0 Å². The van der Waals surface area contributed by atoms with Crippen molar-refractivity contribution in [1.29, 1.82) is 0 Å². The molecule has 0 aliphatic carbocycles. The lowest BCUT2D eigenvalue weighted by molar-refractivity contribution is 0.191. The van der Waals surface area contributed by atoms with Crippen LogP contribution in [0.4, 0.5) is 5.95 Å².